The summed E-state index contributed by atoms with van der Waals surface area (Å²) < 4.78 is 44.9. The highest BCUT2D eigenvalue weighted by Crippen LogP contribution is 2.39. The van der Waals surface area contributed by atoms with E-state index in [4.69, 9.17) is 14.2 Å². The van der Waals surface area contributed by atoms with Gasteiger partial charge in [-0.25, -0.2) is 4.39 Å². The molecule has 1 heterocycles. The summed E-state index contributed by atoms with van der Waals surface area (Å²) in [6.07, 6.45) is 11.0. The van der Waals surface area contributed by atoms with Crippen molar-refractivity contribution in [3.8, 4) is 5.75 Å². The molecule has 0 amide bonds. The van der Waals surface area contributed by atoms with Crippen molar-refractivity contribution in [3.63, 3.8) is 0 Å². The molecule has 1 aliphatic carbocycles. The average Bonchev–Trinajstić information content (AvgIpc) is 2.76. The summed E-state index contributed by atoms with van der Waals surface area (Å²) in [5, 5.41) is 0. The fraction of sp³-hybridized carbons (Fsp3) is 0.750. The Kier molecular flexibility index (Phi) is 8.73. The van der Waals surface area contributed by atoms with Gasteiger partial charge in [0, 0.05) is 5.56 Å². The smallest absolute Gasteiger partial charge is 0.200 e. The van der Waals surface area contributed by atoms with Crippen LogP contribution in [0.25, 0.3) is 0 Å². The van der Waals surface area contributed by atoms with Crippen molar-refractivity contribution >= 4 is 0 Å². The molecule has 1 aliphatic heterocycles. The lowest BCUT2D eigenvalue weighted by Crippen LogP contribution is -2.33. The Morgan fingerprint density at radius 2 is 1.72 bits per heavy atom. The third kappa shape index (κ3) is 6.14. The number of rotatable bonds is 9. The van der Waals surface area contributed by atoms with E-state index in [2.05, 4.69) is 6.92 Å². The summed E-state index contributed by atoms with van der Waals surface area (Å²) in [6.45, 7) is 5.02. The van der Waals surface area contributed by atoms with Crippen LogP contribution in [0.1, 0.15) is 77.2 Å². The monoisotopic (exact) mass is 410 g/mol. The number of unbranched alkanes of at least 4 members (excludes halogenated alkanes) is 1. The molecular formula is C24H36F2O3. The van der Waals surface area contributed by atoms with E-state index >= 15 is 0 Å². The minimum atomic E-state index is -0.952. The van der Waals surface area contributed by atoms with E-state index in [-0.39, 0.29) is 24.2 Å². The van der Waals surface area contributed by atoms with E-state index in [1.165, 1.54) is 57.1 Å². The highest BCUT2D eigenvalue weighted by molar-refractivity contribution is 5.30. The summed E-state index contributed by atoms with van der Waals surface area (Å²) >= 11 is 0. The standard InChI is InChI=1S/C24H36F2O3/c1-3-5-6-17-7-9-18(10-8-17)19-12-14-22(28-15-19)29-16-20-11-13-21(27-4-2)24(26)23(20)25/h11,13,17-19,22H,3-10,12,14-16H2,1-2H3. The van der Waals surface area contributed by atoms with Gasteiger partial charge < -0.3 is 14.2 Å². The molecule has 29 heavy (non-hydrogen) atoms. The summed E-state index contributed by atoms with van der Waals surface area (Å²) in [6, 6.07) is 2.97. The van der Waals surface area contributed by atoms with Crippen molar-refractivity contribution in [1.29, 1.82) is 0 Å². The number of ether oxygens (including phenoxy) is 3. The Hall–Kier alpha value is -1.20. The van der Waals surface area contributed by atoms with Crippen LogP contribution in [0.5, 0.6) is 5.75 Å². The summed E-state index contributed by atoms with van der Waals surface area (Å²) in [7, 11) is 0. The van der Waals surface area contributed by atoms with Gasteiger partial charge in [0.2, 0.25) is 5.82 Å². The molecule has 1 aromatic rings. The number of halogens is 2. The fourth-order valence-corrected chi connectivity index (χ4v) is 4.83. The second-order valence-electron chi connectivity index (χ2n) is 8.62. The van der Waals surface area contributed by atoms with E-state index in [1.807, 2.05) is 0 Å². The maximum absolute atomic E-state index is 14.2. The normalized spacial score (nSPS) is 27.7. The Morgan fingerprint density at radius 3 is 2.38 bits per heavy atom. The maximum atomic E-state index is 14.2. The molecule has 3 nitrogen and oxygen atoms in total. The molecule has 1 saturated carbocycles. The lowest BCUT2D eigenvalue weighted by atomic mass is 9.73. The Bertz CT molecular complexity index is 621. The molecule has 0 spiro atoms. The lowest BCUT2D eigenvalue weighted by molar-refractivity contribution is -0.188. The van der Waals surface area contributed by atoms with Crippen molar-refractivity contribution in [2.45, 2.75) is 84.5 Å². The molecule has 2 fully saturated rings. The first-order valence-electron chi connectivity index (χ1n) is 11.4. The van der Waals surface area contributed by atoms with Crippen molar-refractivity contribution < 1.29 is 23.0 Å². The van der Waals surface area contributed by atoms with Gasteiger partial charge in [0.15, 0.2) is 17.9 Å². The van der Waals surface area contributed by atoms with E-state index < -0.39 is 11.6 Å². The summed E-state index contributed by atoms with van der Waals surface area (Å²) in [4.78, 5) is 0. The van der Waals surface area contributed by atoms with Gasteiger partial charge in [-0.3, -0.25) is 0 Å². The number of hydrogen-bond donors (Lipinski definition) is 0. The highest BCUT2D eigenvalue weighted by Gasteiger charge is 2.31. The number of hydrogen-bond acceptors (Lipinski definition) is 3. The second kappa shape index (κ2) is 11.3. The van der Waals surface area contributed by atoms with Crippen LogP contribution in [-0.2, 0) is 16.1 Å². The van der Waals surface area contributed by atoms with E-state index in [9.17, 15) is 8.78 Å². The SMILES string of the molecule is CCCCC1CCC(C2CCC(OCc3ccc(OCC)c(F)c3F)OC2)CC1. The van der Waals surface area contributed by atoms with Gasteiger partial charge in [-0.05, 0) is 62.5 Å². The van der Waals surface area contributed by atoms with Gasteiger partial charge in [-0.15, -0.1) is 0 Å². The van der Waals surface area contributed by atoms with Crippen molar-refractivity contribution in [1.82, 2.24) is 0 Å². The summed E-state index contributed by atoms with van der Waals surface area (Å²) in [5.74, 6) is 0.399. The first kappa shape index (κ1) is 22.5. The van der Waals surface area contributed by atoms with Crippen molar-refractivity contribution in [2.24, 2.45) is 17.8 Å². The zero-order valence-electron chi connectivity index (χ0n) is 17.9. The molecule has 1 saturated heterocycles. The molecule has 1 aromatic carbocycles. The third-order valence-electron chi connectivity index (χ3n) is 6.64. The minimum absolute atomic E-state index is 0.00697. The Morgan fingerprint density at radius 1 is 0.966 bits per heavy atom. The summed E-state index contributed by atoms with van der Waals surface area (Å²) in [5.41, 5.74) is 0.196. The highest BCUT2D eigenvalue weighted by atomic mass is 19.2. The fourth-order valence-electron chi connectivity index (χ4n) is 4.83. The largest absolute Gasteiger partial charge is 0.491 e. The quantitative estimate of drug-likeness (QED) is 0.457. The van der Waals surface area contributed by atoms with Crippen LogP contribution in [0.15, 0.2) is 12.1 Å². The Labute approximate surface area is 174 Å². The van der Waals surface area contributed by atoms with Gasteiger partial charge in [0.1, 0.15) is 0 Å². The predicted octanol–water partition coefficient (Wildman–Crippen LogP) is 6.63. The molecule has 0 N–H and O–H groups in total. The molecular weight excluding hydrogens is 374 g/mol. The van der Waals surface area contributed by atoms with Gasteiger partial charge in [0.25, 0.3) is 0 Å². The first-order valence-corrected chi connectivity index (χ1v) is 11.4. The molecule has 2 unspecified atom stereocenters. The topological polar surface area (TPSA) is 27.7 Å². The maximum Gasteiger partial charge on any atom is 0.200 e. The zero-order valence-corrected chi connectivity index (χ0v) is 17.9. The van der Waals surface area contributed by atoms with E-state index in [1.54, 1.807) is 6.92 Å². The molecule has 0 aromatic heterocycles. The lowest BCUT2D eigenvalue weighted by Gasteiger charge is -2.37. The van der Waals surface area contributed by atoms with Crippen LogP contribution >= 0.6 is 0 Å². The van der Waals surface area contributed by atoms with Crippen LogP contribution < -0.4 is 4.74 Å². The average molecular weight is 411 g/mol. The van der Waals surface area contributed by atoms with Crippen molar-refractivity contribution in [2.75, 3.05) is 13.2 Å². The van der Waals surface area contributed by atoms with Crippen LogP contribution in [0.3, 0.4) is 0 Å². The zero-order chi connectivity index (χ0) is 20.6. The van der Waals surface area contributed by atoms with Crippen LogP contribution in [0, 0.1) is 29.4 Å². The van der Waals surface area contributed by atoms with E-state index in [0.717, 1.165) is 31.3 Å². The molecule has 2 aliphatic rings. The molecule has 0 bridgehead atoms. The minimum Gasteiger partial charge on any atom is -0.491 e. The van der Waals surface area contributed by atoms with Gasteiger partial charge in [0.05, 0.1) is 19.8 Å². The Balaban J connectivity index is 1.40. The predicted molar refractivity (Wildman–Crippen MR) is 110 cm³/mol. The van der Waals surface area contributed by atoms with Gasteiger partial charge in [-0.2, -0.15) is 4.39 Å². The molecule has 2 atom stereocenters. The third-order valence-corrected chi connectivity index (χ3v) is 6.64. The molecule has 0 radical (unpaired) electrons. The van der Waals surface area contributed by atoms with Crippen molar-refractivity contribution in [3.05, 3.63) is 29.3 Å². The van der Waals surface area contributed by atoms with Gasteiger partial charge in [-0.1, -0.05) is 39.0 Å². The molecule has 5 heteroatoms. The van der Waals surface area contributed by atoms with Gasteiger partial charge >= 0.3 is 0 Å². The number of benzene rings is 1. The van der Waals surface area contributed by atoms with E-state index in [0.29, 0.717) is 12.5 Å². The second-order valence-corrected chi connectivity index (χ2v) is 8.62. The first-order chi connectivity index (χ1) is 14.1. The molecule has 164 valence electrons. The van der Waals surface area contributed by atoms with Crippen LogP contribution in [0.4, 0.5) is 8.78 Å². The molecule has 3 rings (SSSR count). The van der Waals surface area contributed by atoms with Crippen LogP contribution in [-0.4, -0.2) is 19.5 Å². The van der Waals surface area contributed by atoms with Crippen LogP contribution in [0.2, 0.25) is 0 Å².